The predicted octanol–water partition coefficient (Wildman–Crippen LogP) is 7.20. The first-order chi connectivity index (χ1) is 20.5. The summed E-state index contributed by atoms with van der Waals surface area (Å²) in [5.74, 6) is 0.430. The number of aromatic nitrogens is 2. The van der Waals surface area contributed by atoms with Crippen LogP contribution in [-0.4, -0.2) is 22.3 Å². The van der Waals surface area contributed by atoms with E-state index < -0.39 is 5.91 Å². The number of nitriles is 1. The summed E-state index contributed by atoms with van der Waals surface area (Å²) in [6.45, 7) is 2.69. The summed E-state index contributed by atoms with van der Waals surface area (Å²) in [6.07, 6.45) is 3.30. The van der Waals surface area contributed by atoms with Crippen LogP contribution in [0, 0.1) is 17.1 Å². The van der Waals surface area contributed by atoms with Crippen molar-refractivity contribution in [3.63, 3.8) is 0 Å². The molecule has 0 saturated carbocycles. The Morgan fingerprint density at radius 2 is 1.71 bits per heavy atom. The molecule has 8 heteroatoms. The van der Waals surface area contributed by atoms with Crippen LogP contribution in [0.5, 0.6) is 11.5 Å². The Morgan fingerprint density at radius 3 is 2.43 bits per heavy atom. The van der Waals surface area contributed by atoms with Gasteiger partial charge in [-0.25, -0.2) is 9.07 Å². The van der Waals surface area contributed by atoms with Gasteiger partial charge in [0.05, 0.1) is 12.3 Å². The molecule has 0 aliphatic carbocycles. The zero-order valence-electron chi connectivity index (χ0n) is 22.8. The summed E-state index contributed by atoms with van der Waals surface area (Å²) in [7, 11) is 0. The maximum Gasteiger partial charge on any atom is 0.266 e. The van der Waals surface area contributed by atoms with E-state index in [0.717, 1.165) is 16.8 Å². The first kappa shape index (κ1) is 27.9. The molecule has 4 aromatic carbocycles. The molecule has 1 amide bonds. The van der Waals surface area contributed by atoms with E-state index >= 15 is 0 Å². The molecule has 0 aliphatic heterocycles. The lowest BCUT2D eigenvalue weighted by molar-refractivity contribution is -0.112. The highest BCUT2D eigenvalue weighted by molar-refractivity contribution is 6.10. The smallest absolute Gasteiger partial charge is 0.266 e. The molecule has 0 unspecified atom stereocenters. The van der Waals surface area contributed by atoms with Gasteiger partial charge in [0.25, 0.3) is 5.91 Å². The Bertz CT molecular complexity index is 1740. The zero-order valence-corrected chi connectivity index (χ0v) is 22.8. The van der Waals surface area contributed by atoms with E-state index in [1.807, 2.05) is 67.6 Å². The van der Waals surface area contributed by atoms with Crippen LogP contribution >= 0.6 is 0 Å². The molecule has 0 atom stereocenters. The highest BCUT2D eigenvalue weighted by Crippen LogP contribution is 2.29. The number of hydrogen-bond acceptors (Lipinski definition) is 5. The second-order valence-electron chi connectivity index (χ2n) is 9.24. The molecule has 5 aromatic rings. The summed E-state index contributed by atoms with van der Waals surface area (Å²) >= 11 is 0. The van der Waals surface area contributed by atoms with Crippen LogP contribution in [0.25, 0.3) is 23.0 Å². The maximum absolute atomic E-state index is 13.3. The number of benzene rings is 4. The second-order valence-corrected chi connectivity index (χ2v) is 9.24. The van der Waals surface area contributed by atoms with Crippen molar-refractivity contribution < 1.29 is 18.7 Å². The third kappa shape index (κ3) is 6.90. The van der Waals surface area contributed by atoms with Crippen LogP contribution < -0.4 is 14.8 Å². The number of nitrogens with zero attached hydrogens (tertiary/aromatic N) is 3. The topological polar surface area (TPSA) is 89.2 Å². The minimum absolute atomic E-state index is 0.0820. The molecule has 42 heavy (non-hydrogen) atoms. The third-order valence-electron chi connectivity index (χ3n) is 6.28. The van der Waals surface area contributed by atoms with Crippen molar-refractivity contribution in [3.8, 4) is 34.5 Å². The van der Waals surface area contributed by atoms with Crippen molar-refractivity contribution in [1.82, 2.24) is 9.78 Å². The van der Waals surface area contributed by atoms with Crippen molar-refractivity contribution >= 4 is 17.7 Å². The van der Waals surface area contributed by atoms with E-state index in [1.165, 1.54) is 18.2 Å². The fourth-order valence-corrected chi connectivity index (χ4v) is 4.21. The fourth-order valence-electron chi connectivity index (χ4n) is 4.21. The molecular formula is C34H27FN4O3. The Morgan fingerprint density at radius 1 is 0.952 bits per heavy atom. The van der Waals surface area contributed by atoms with Crippen LogP contribution in [0.15, 0.2) is 115 Å². The van der Waals surface area contributed by atoms with Gasteiger partial charge in [0.1, 0.15) is 41.3 Å². The average Bonchev–Trinajstić information content (AvgIpc) is 3.45. The summed E-state index contributed by atoms with van der Waals surface area (Å²) < 4.78 is 26.4. The van der Waals surface area contributed by atoms with Crippen molar-refractivity contribution in [2.75, 3.05) is 11.9 Å². The number of para-hydroxylation sites is 1. The van der Waals surface area contributed by atoms with Crippen LogP contribution in [0.3, 0.4) is 0 Å². The number of ether oxygens (including phenoxy) is 2. The highest BCUT2D eigenvalue weighted by Gasteiger charge is 2.16. The summed E-state index contributed by atoms with van der Waals surface area (Å²) in [5, 5.41) is 17.5. The van der Waals surface area contributed by atoms with Gasteiger partial charge in [0.15, 0.2) is 0 Å². The quantitative estimate of drug-likeness (QED) is 0.145. The fraction of sp³-hybridized carbons (Fsp3) is 0.0882. The summed E-state index contributed by atoms with van der Waals surface area (Å²) in [4.78, 5) is 13.1. The zero-order chi connectivity index (χ0) is 29.3. The van der Waals surface area contributed by atoms with Gasteiger partial charge in [-0.3, -0.25) is 4.79 Å². The molecular weight excluding hydrogens is 531 g/mol. The number of anilines is 1. The molecule has 0 aliphatic rings. The number of carbonyl (C=O) groups is 1. The Balaban J connectivity index is 1.45. The molecule has 0 radical (unpaired) electrons. The van der Waals surface area contributed by atoms with Crippen LogP contribution in [0.2, 0.25) is 0 Å². The SMILES string of the molecule is CCOc1ccc(NC(=O)C(C#N)=Cc2cn(-c3ccccc3)nc2-c2cccc(OCc3ccc(F)cc3)c2)cc1. The van der Waals surface area contributed by atoms with Crippen molar-refractivity contribution in [2.24, 2.45) is 0 Å². The van der Waals surface area contributed by atoms with Gasteiger partial charge < -0.3 is 14.8 Å². The molecule has 0 bridgehead atoms. The minimum Gasteiger partial charge on any atom is -0.494 e. The lowest BCUT2D eigenvalue weighted by Gasteiger charge is -2.08. The van der Waals surface area contributed by atoms with E-state index in [1.54, 1.807) is 47.3 Å². The molecule has 1 N–H and O–H groups in total. The number of carbonyl (C=O) groups excluding carboxylic acids is 1. The number of amides is 1. The first-order valence-electron chi connectivity index (χ1n) is 13.3. The monoisotopic (exact) mass is 558 g/mol. The van der Waals surface area contributed by atoms with E-state index in [2.05, 4.69) is 5.32 Å². The van der Waals surface area contributed by atoms with Crippen LogP contribution in [0.4, 0.5) is 10.1 Å². The van der Waals surface area contributed by atoms with Gasteiger partial charge in [-0.05, 0) is 79.2 Å². The Labute approximate surface area is 243 Å². The lowest BCUT2D eigenvalue weighted by atomic mass is 10.1. The van der Waals surface area contributed by atoms with Crippen LogP contribution in [0.1, 0.15) is 18.1 Å². The van der Waals surface area contributed by atoms with Gasteiger partial charge in [0.2, 0.25) is 0 Å². The van der Waals surface area contributed by atoms with Gasteiger partial charge in [0, 0.05) is 23.0 Å². The molecule has 0 spiro atoms. The number of rotatable bonds is 10. The second kappa shape index (κ2) is 13.1. The minimum atomic E-state index is -0.545. The molecule has 208 valence electrons. The number of hydrogen-bond donors (Lipinski definition) is 1. The van der Waals surface area contributed by atoms with Gasteiger partial charge in [-0.2, -0.15) is 10.4 Å². The lowest BCUT2D eigenvalue weighted by Crippen LogP contribution is -2.13. The van der Waals surface area contributed by atoms with E-state index in [0.29, 0.717) is 35.1 Å². The number of halogens is 1. The van der Waals surface area contributed by atoms with E-state index in [-0.39, 0.29) is 18.0 Å². The van der Waals surface area contributed by atoms with Gasteiger partial charge >= 0.3 is 0 Å². The maximum atomic E-state index is 13.3. The first-order valence-corrected chi connectivity index (χ1v) is 13.3. The molecule has 0 fully saturated rings. The van der Waals surface area contributed by atoms with Gasteiger partial charge in [-0.1, -0.05) is 42.5 Å². The Kier molecular flexibility index (Phi) is 8.70. The summed E-state index contributed by atoms with van der Waals surface area (Å²) in [6, 6.07) is 32.0. The van der Waals surface area contributed by atoms with E-state index in [4.69, 9.17) is 14.6 Å². The normalized spacial score (nSPS) is 11.0. The van der Waals surface area contributed by atoms with E-state index in [9.17, 15) is 14.4 Å². The highest BCUT2D eigenvalue weighted by atomic mass is 19.1. The average molecular weight is 559 g/mol. The van der Waals surface area contributed by atoms with Crippen LogP contribution in [-0.2, 0) is 11.4 Å². The standard InChI is InChI=1S/C34H27FN4O3/c1-2-41-31-17-15-29(16-18-31)37-34(40)26(21-36)19-27-22-39(30-8-4-3-5-9-30)38-33(27)25-7-6-10-32(20-25)42-23-24-11-13-28(35)14-12-24/h3-20,22H,2,23H2,1H3,(H,37,40). The van der Waals surface area contributed by atoms with Gasteiger partial charge in [-0.15, -0.1) is 0 Å². The molecule has 5 rings (SSSR count). The Hall–Kier alpha value is -5.68. The molecule has 0 saturated heterocycles. The van der Waals surface area contributed by atoms with Crippen molar-refractivity contribution in [1.29, 1.82) is 5.26 Å². The molecule has 1 heterocycles. The van der Waals surface area contributed by atoms with Crippen molar-refractivity contribution in [2.45, 2.75) is 13.5 Å². The van der Waals surface area contributed by atoms with Crippen molar-refractivity contribution in [3.05, 3.63) is 132 Å². The largest absolute Gasteiger partial charge is 0.494 e. The molecule has 1 aromatic heterocycles. The predicted molar refractivity (Wildman–Crippen MR) is 160 cm³/mol. The number of nitrogens with one attached hydrogen (secondary N) is 1. The molecule has 7 nitrogen and oxygen atoms in total. The summed E-state index contributed by atoms with van der Waals surface area (Å²) in [5.41, 5.74) is 3.98. The third-order valence-corrected chi connectivity index (χ3v) is 6.28.